The highest BCUT2D eigenvalue weighted by molar-refractivity contribution is 6.31. The predicted octanol–water partition coefficient (Wildman–Crippen LogP) is 1.81. The largest absolute Gasteiger partial charge is 0.481 e. The van der Waals surface area contributed by atoms with Crippen LogP contribution in [0.4, 0.5) is 0 Å². The van der Waals surface area contributed by atoms with Gasteiger partial charge in [0.25, 0.3) is 0 Å². The lowest BCUT2D eigenvalue weighted by Crippen LogP contribution is -1.94. The first-order valence-electron chi connectivity index (χ1n) is 3.63. The summed E-state index contributed by atoms with van der Waals surface area (Å²) in [5.41, 5.74) is 0.863. The molecule has 12 heavy (non-hydrogen) atoms. The summed E-state index contributed by atoms with van der Waals surface area (Å²) in [6.07, 6.45) is 1.70. The van der Waals surface area contributed by atoms with E-state index < -0.39 is 0 Å². The molecule has 1 aromatic rings. The summed E-state index contributed by atoms with van der Waals surface area (Å²) in [6.45, 7) is 0.710. The number of pyridine rings is 1. The molecule has 0 aromatic carbocycles. The molecule has 1 saturated heterocycles. The maximum Gasteiger partial charge on any atom is 0.220 e. The van der Waals surface area contributed by atoms with Crippen LogP contribution < -0.4 is 4.74 Å². The maximum atomic E-state index is 5.94. The van der Waals surface area contributed by atoms with E-state index in [1.54, 1.807) is 19.4 Å². The topological polar surface area (TPSA) is 34.6 Å². The summed E-state index contributed by atoms with van der Waals surface area (Å²) >= 11 is 5.94. The molecule has 0 spiro atoms. The highest BCUT2D eigenvalue weighted by Crippen LogP contribution is 2.39. The number of aromatic nitrogens is 1. The van der Waals surface area contributed by atoms with Gasteiger partial charge in [0.1, 0.15) is 6.10 Å². The second kappa shape index (κ2) is 2.92. The number of hydrogen-bond acceptors (Lipinski definition) is 3. The molecule has 0 saturated carbocycles. The van der Waals surface area contributed by atoms with Crippen molar-refractivity contribution in [3.05, 3.63) is 22.8 Å². The van der Waals surface area contributed by atoms with Crippen LogP contribution in [-0.4, -0.2) is 18.7 Å². The highest BCUT2D eigenvalue weighted by atomic mass is 35.5. The lowest BCUT2D eigenvalue weighted by Gasteiger charge is -2.05. The van der Waals surface area contributed by atoms with Gasteiger partial charge in [-0.15, -0.1) is 0 Å². The van der Waals surface area contributed by atoms with Gasteiger partial charge in [-0.05, 0) is 6.07 Å². The monoisotopic (exact) mass is 185 g/mol. The Balaban J connectivity index is 2.45. The molecule has 0 N–H and O–H groups in total. The highest BCUT2D eigenvalue weighted by Gasteiger charge is 2.31. The Labute approximate surface area is 75.3 Å². The molecule has 1 aliphatic rings. The average molecular weight is 186 g/mol. The van der Waals surface area contributed by atoms with Crippen molar-refractivity contribution < 1.29 is 9.47 Å². The molecule has 0 radical (unpaired) electrons. The minimum Gasteiger partial charge on any atom is -0.481 e. The van der Waals surface area contributed by atoms with E-state index in [9.17, 15) is 0 Å². The van der Waals surface area contributed by atoms with Gasteiger partial charge in [0.05, 0.1) is 24.3 Å². The molecule has 1 atom stereocenters. The number of rotatable bonds is 2. The Kier molecular flexibility index (Phi) is 1.90. The van der Waals surface area contributed by atoms with Crippen molar-refractivity contribution in [2.75, 3.05) is 13.7 Å². The molecule has 0 aliphatic carbocycles. The van der Waals surface area contributed by atoms with Crippen molar-refractivity contribution in [2.45, 2.75) is 6.10 Å². The molecule has 2 rings (SSSR count). The van der Waals surface area contributed by atoms with Crippen molar-refractivity contribution in [1.29, 1.82) is 0 Å². The van der Waals surface area contributed by atoms with Gasteiger partial charge in [-0.3, -0.25) is 0 Å². The molecule has 0 bridgehead atoms. The van der Waals surface area contributed by atoms with Crippen molar-refractivity contribution in [3.8, 4) is 5.88 Å². The van der Waals surface area contributed by atoms with Crippen molar-refractivity contribution in [1.82, 2.24) is 4.98 Å². The van der Waals surface area contributed by atoms with Crippen LogP contribution in [0.3, 0.4) is 0 Å². The maximum absolute atomic E-state index is 5.94. The second-order valence-corrected chi connectivity index (χ2v) is 2.94. The van der Waals surface area contributed by atoms with Gasteiger partial charge in [-0.25, -0.2) is 4.98 Å². The molecule has 2 heterocycles. The quantitative estimate of drug-likeness (QED) is 0.660. The first-order chi connectivity index (χ1) is 5.83. The fraction of sp³-hybridized carbons (Fsp3) is 0.375. The van der Waals surface area contributed by atoms with Gasteiger partial charge in [-0.1, -0.05) is 11.6 Å². The first-order valence-corrected chi connectivity index (χ1v) is 4.00. The van der Waals surface area contributed by atoms with Crippen LogP contribution in [0.25, 0.3) is 0 Å². The van der Waals surface area contributed by atoms with Crippen molar-refractivity contribution in [2.24, 2.45) is 0 Å². The zero-order valence-corrected chi connectivity index (χ0v) is 7.34. The van der Waals surface area contributed by atoms with E-state index in [-0.39, 0.29) is 6.10 Å². The number of methoxy groups -OCH3 is 1. The molecule has 1 aromatic heterocycles. The molecule has 1 fully saturated rings. The number of hydrogen-bond donors (Lipinski definition) is 0. The van der Waals surface area contributed by atoms with Gasteiger partial charge in [0.15, 0.2) is 0 Å². The third kappa shape index (κ3) is 1.26. The summed E-state index contributed by atoms with van der Waals surface area (Å²) in [7, 11) is 1.57. The molecular formula is C8H8ClNO2. The van der Waals surface area contributed by atoms with Crippen LogP contribution in [0.15, 0.2) is 12.3 Å². The molecular weight excluding hydrogens is 178 g/mol. The molecule has 64 valence electrons. The summed E-state index contributed by atoms with van der Waals surface area (Å²) in [5, 5.41) is 0.657. The Bertz CT molecular complexity index is 299. The standard InChI is InChI=1S/C8H8ClNO2/c1-11-8-7(6-4-12-6)5(9)2-3-10-8/h2-3,6H,4H2,1H3. The lowest BCUT2D eigenvalue weighted by atomic mass is 10.2. The minimum atomic E-state index is 0.0844. The third-order valence-electron chi connectivity index (χ3n) is 1.75. The van der Waals surface area contributed by atoms with Gasteiger partial charge < -0.3 is 9.47 Å². The number of ether oxygens (including phenoxy) is 2. The Morgan fingerprint density at radius 2 is 2.50 bits per heavy atom. The molecule has 0 amide bonds. The number of halogens is 1. The van der Waals surface area contributed by atoms with E-state index in [1.165, 1.54) is 0 Å². The minimum absolute atomic E-state index is 0.0844. The van der Waals surface area contributed by atoms with Gasteiger partial charge in [0.2, 0.25) is 5.88 Å². The molecule has 3 nitrogen and oxygen atoms in total. The second-order valence-electron chi connectivity index (χ2n) is 2.54. The van der Waals surface area contributed by atoms with E-state index >= 15 is 0 Å². The Morgan fingerprint density at radius 1 is 1.75 bits per heavy atom. The van der Waals surface area contributed by atoms with Crippen LogP contribution in [0, 0.1) is 0 Å². The molecule has 4 heteroatoms. The van der Waals surface area contributed by atoms with Crippen LogP contribution in [0.2, 0.25) is 5.02 Å². The zero-order valence-electron chi connectivity index (χ0n) is 6.58. The van der Waals surface area contributed by atoms with Gasteiger partial charge >= 0.3 is 0 Å². The van der Waals surface area contributed by atoms with Crippen LogP contribution >= 0.6 is 11.6 Å². The van der Waals surface area contributed by atoms with E-state index in [2.05, 4.69) is 4.98 Å². The van der Waals surface area contributed by atoms with E-state index in [4.69, 9.17) is 21.1 Å². The predicted molar refractivity (Wildman–Crippen MR) is 44.5 cm³/mol. The first kappa shape index (κ1) is 7.83. The summed E-state index contributed by atoms with van der Waals surface area (Å²) in [5.74, 6) is 0.560. The Hall–Kier alpha value is -0.800. The van der Waals surface area contributed by atoms with Gasteiger partial charge in [-0.2, -0.15) is 0 Å². The SMILES string of the molecule is COc1nccc(Cl)c1C1CO1. The summed E-state index contributed by atoms with van der Waals surface area (Å²) < 4.78 is 10.2. The van der Waals surface area contributed by atoms with Crippen molar-refractivity contribution >= 4 is 11.6 Å². The summed E-state index contributed by atoms with van der Waals surface area (Å²) in [4.78, 5) is 4.03. The lowest BCUT2D eigenvalue weighted by molar-refractivity contribution is 0.372. The van der Waals surface area contributed by atoms with E-state index in [0.717, 1.165) is 5.56 Å². The average Bonchev–Trinajstić information content (AvgIpc) is 2.87. The summed E-state index contributed by atoms with van der Waals surface area (Å²) in [6, 6.07) is 1.74. The number of epoxide rings is 1. The molecule has 1 unspecified atom stereocenters. The van der Waals surface area contributed by atoms with E-state index in [1.807, 2.05) is 0 Å². The Morgan fingerprint density at radius 3 is 3.08 bits per heavy atom. The third-order valence-corrected chi connectivity index (χ3v) is 2.08. The van der Waals surface area contributed by atoms with Gasteiger partial charge in [0, 0.05) is 6.20 Å². The van der Waals surface area contributed by atoms with Crippen LogP contribution in [0.1, 0.15) is 11.7 Å². The fourth-order valence-electron chi connectivity index (χ4n) is 1.10. The normalized spacial score (nSPS) is 20.7. The van der Waals surface area contributed by atoms with Crippen LogP contribution in [0.5, 0.6) is 5.88 Å². The fourth-order valence-corrected chi connectivity index (χ4v) is 1.36. The molecule has 1 aliphatic heterocycles. The van der Waals surface area contributed by atoms with Crippen molar-refractivity contribution in [3.63, 3.8) is 0 Å². The van der Waals surface area contributed by atoms with Crippen LogP contribution in [-0.2, 0) is 4.74 Å². The number of nitrogens with zero attached hydrogens (tertiary/aromatic N) is 1. The zero-order chi connectivity index (χ0) is 8.55. The smallest absolute Gasteiger partial charge is 0.220 e. The van der Waals surface area contributed by atoms with E-state index in [0.29, 0.717) is 17.5 Å².